The van der Waals surface area contributed by atoms with Crippen LogP contribution in [0, 0.1) is 0 Å². The van der Waals surface area contributed by atoms with Crippen LogP contribution in [-0.2, 0) is 18.4 Å². The molecule has 1 aliphatic carbocycles. The fourth-order valence-electron chi connectivity index (χ4n) is 2.80. The highest BCUT2D eigenvalue weighted by Crippen LogP contribution is 2.35. The van der Waals surface area contributed by atoms with E-state index in [9.17, 15) is 0 Å². The zero-order valence-electron chi connectivity index (χ0n) is 11.5. The lowest BCUT2D eigenvalue weighted by Crippen LogP contribution is -2.43. The molecule has 1 unspecified atom stereocenters. The molecule has 0 saturated heterocycles. The third kappa shape index (κ3) is 2.71. The van der Waals surface area contributed by atoms with E-state index < -0.39 is 0 Å². The molecule has 0 aromatic carbocycles. The summed E-state index contributed by atoms with van der Waals surface area (Å²) in [6.07, 6.45) is 6.10. The van der Waals surface area contributed by atoms with Crippen molar-refractivity contribution in [3.8, 4) is 0 Å². The lowest BCUT2D eigenvalue weighted by atomic mass is 9.96. The van der Waals surface area contributed by atoms with Crippen molar-refractivity contribution in [3.05, 3.63) is 15.6 Å². The molecule has 1 heterocycles. The summed E-state index contributed by atoms with van der Waals surface area (Å²) >= 11 is 1.94. The van der Waals surface area contributed by atoms with Gasteiger partial charge in [0.2, 0.25) is 0 Å². The molecule has 0 radical (unpaired) electrons. The van der Waals surface area contributed by atoms with E-state index in [1.807, 2.05) is 11.3 Å². The van der Waals surface area contributed by atoms with Crippen molar-refractivity contribution in [2.75, 3.05) is 0 Å². The normalized spacial score (nSPS) is 18.4. The summed E-state index contributed by atoms with van der Waals surface area (Å²) in [5.74, 6) is 0. The number of nitrogens with one attached hydrogen (secondary N) is 1. The summed E-state index contributed by atoms with van der Waals surface area (Å²) in [6.45, 7) is 9.00. The number of hydrogen-bond acceptors (Lipinski definition) is 3. The summed E-state index contributed by atoms with van der Waals surface area (Å²) in [4.78, 5) is 6.43. The van der Waals surface area contributed by atoms with Crippen LogP contribution in [0.4, 0.5) is 0 Å². The molecule has 2 nitrogen and oxygen atoms in total. The molecule has 1 aromatic rings. The molecule has 2 rings (SSSR count). The molecule has 1 atom stereocenters. The molecule has 0 spiro atoms. The van der Waals surface area contributed by atoms with Crippen molar-refractivity contribution in [2.45, 2.75) is 71.4 Å². The number of fused-ring (bicyclic) bond motifs is 1. The number of nitrogens with zero attached hydrogens (tertiary/aromatic N) is 1. The van der Waals surface area contributed by atoms with Crippen molar-refractivity contribution >= 4 is 11.3 Å². The van der Waals surface area contributed by atoms with Gasteiger partial charge in [0.1, 0.15) is 5.01 Å². The third-order valence-corrected chi connectivity index (χ3v) is 4.85. The molecule has 0 fully saturated rings. The van der Waals surface area contributed by atoms with Crippen LogP contribution in [0.3, 0.4) is 0 Å². The highest BCUT2D eigenvalue weighted by Gasteiger charge is 2.31. The maximum atomic E-state index is 4.89. The van der Waals surface area contributed by atoms with Gasteiger partial charge in [0.25, 0.3) is 0 Å². The molecule has 0 aliphatic heterocycles. The number of aryl methyl sites for hydroxylation is 2. The first-order valence-electron chi connectivity index (χ1n) is 6.82. The highest BCUT2D eigenvalue weighted by molar-refractivity contribution is 7.12. The van der Waals surface area contributed by atoms with Gasteiger partial charge < -0.3 is 5.32 Å². The van der Waals surface area contributed by atoms with Crippen LogP contribution in [0.25, 0.3) is 0 Å². The number of thiazole rings is 1. The number of hydrogen-bond donors (Lipinski definition) is 1. The maximum absolute atomic E-state index is 4.89. The van der Waals surface area contributed by atoms with Gasteiger partial charge in [-0.2, -0.15) is 0 Å². The zero-order valence-corrected chi connectivity index (χ0v) is 12.3. The predicted molar refractivity (Wildman–Crippen MR) is 74.7 cm³/mol. The number of rotatable bonds is 5. The van der Waals surface area contributed by atoms with Crippen LogP contribution in [0.1, 0.15) is 62.5 Å². The van der Waals surface area contributed by atoms with Gasteiger partial charge in [-0.3, -0.25) is 0 Å². The second-order valence-electron chi connectivity index (χ2n) is 5.62. The summed E-state index contributed by atoms with van der Waals surface area (Å²) in [5, 5.41) is 5.01. The summed E-state index contributed by atoms with van der Waals surface area (Å²) in [6, 6.07) is 0.505. The standard InChI is InChI=1S/C14H24N2S/c1-5-9-14(4,16-10(2)3)13-15-11-7-6-8-12(11)17-13/h10,16H,5-9H2,1-4H3. The summed E-state index contributed by atoms with van der Waals surface area (Å²) in [7, 11) is 0. The summed E-state index contributed by atoms with van der Waals surface area (Å²) in [5.41, 5.74) is 1.44. The Morgan fingerprint density at radius 1 is 1.41 bits per heavy atom. The van der Waals surface area contributed by atoms with Gasteiger partial charge in [0.15, 0.2) is 0 Å². The molecular formula is C14H24N2S. The smallest absolute Gasteiger partial charge is 0.113 e. The monoisotopic (exact) mass is 252 g/mol. The van der Waals surface area contributed by atoms with Gasteiger partial charge in [-0.05, 0) is 46.5 Å². The van der Waals surface area contributed by atoms with Gasteiger partial charge in [-0.1, -0.05) is 13.3 Å². The van der Waals surface area contributed by atoms with Crippen molar-refractivity contribution in [1.82, 2.24) is 10.3 Å². The Morgan fingerprint density at radius 3 is 2.76 bits per heavy atom. The molecule has 1 N–H and O–H groups in total. The highest BCUT2D eigenvalue weighted by atomic mass is 32.1. The fourth-order valence-corrected chi connectivity index (χ4v) is 4.09. The second-order valence-corrected chi connectivity index (χ2v) is 6.71. The fraction of sp³-hybridized carbons (Fsp3) is 0.786. The average Bonchev–Trinajstić information content (AvgIpc) is 2.74. The molecule has 1 aromatic heterocycles. The van der Waals surface area contributed by atoms with Gasteiger partial charge >= 0.3 is 0 Å². The van der Waals surface area contributed by atoms with E-state index in [2.05, 4.69) is 33.0 Å². The van der Waals surface area contributed by atoms with Crippen LogP contribution in [0.2, 0.25) is 0 Å². The molecule has 0 saturated carbocycles. The summed E-state index contributed by atoms with van der Waals surface area (Å²) < 4.78 is 0. The van der Waals surface area contributed by atoms with E-state index in [4.69, 9.17) is 4.98 Å². The van der Waals surface area contributed by atoms with E-state index in [-0.39, 0.29) is 5.54 Å². The molecule has 17 heavy (non-hydrogen) atoms. The van der Waals surface area contributed by atoms with Gasteiger partial charge in [-0.15, -0.1) is 11.3 Å². The van der Waals surface area contributed by atoms with E-state index in [0.29, 0.717) is 6.04 Å². The SMILES string of the molecule is CCCC(C)(NC(C)C)c1nc2c(s1)CCC2. The van der Waals surface area contributed by atoms with Crippen LogP contribution in [0.15, 0.2) is 0 Å². The maximum Gasteiger partial charge on any atom is 0.113 e. The predicted octanol–water partition coefficient (Wildman–Crippen LogP) is 3.65. The minimum atomic E-state index is 0.0674. The van der Waals surface area contributed by atoms with Crippen LogP contribution in [-0.4, -0.2) is 11.0 Å². The van der Waals surface area contributed by atoms with E-state index >= 15 is 0 Å². The Balaban J connectivity index is 2.25. The Kier molecular flexibility index (Phi) is 3.88. The van der Waals surface area contributed by atoms with E-state index in [0.717, 1.165) is 6.42 Å². The van der Waals surface area contributed by atoms with Gasteiger partial charge in [0.05, 0.1) is 11.2 Å². The zero-order chi connectivity index (χ0) is 12.5. The minimum absolute atomic E-state index is 0.0674. The van der Waals surface area contributed by atoms with Crippen molar-refractivity contribution in [1.29, 1.82) is 0 Å². The Hall–Kier alpha value is -0.410. The van der Waals surface area contributed by atoms with E-state index in [1.54, 1.807) is 0 Å². The lowest BCUT2D eigenvalue weighted by molar-refractivity contribution is 0.307. The Morgan fingerprint density at radius 2 is 2.18 bits per heavy atom. The third-order valence-electron chi connectivity index (χ3n) is 3.42. The second kappa shape index (κ2) is 5.07. The largest absolute Gasteiger partial charge is 0.303 e. The van der Waals surface area contributed by atoms with E-state index in [1.165, 1.54) is 41.3 Å². The first-order valence-corrected chi connectivity index (χ1v) is 7.63. The average molecular weight is 252 g/mol. The first-order chi connectivity index (χ1) is 8.05. The Labute approximate surface area is 109 Å². The van der Waals surface area contributed by atoms with Crippen LogP contribution >= 0.6 is 11.3 Å². The molecular weight excluding hydrogens is 228 g/mol. The van der Waals surface area contributed by atoms with Crippen LogP contribution < -0.4 is 5.32 Å². The quantitative estimate of drug-likeness (QED) is 0.865. The van der Waals surface area contributed by atoms with Gasteiger partial charge in [0, 0.05) is 10.9 Å². The van der Waals surface area contributed by atoms with Crippen molar-refractivity contribution < 1.29 is 0 Å². The Bertz CT molecular complexity index is 362. The molecule has 3 heteroatoms. The first kappa shape index (κ1) is 13.0. The van der Waals surface area contributed by atoms with Crippen molar-refractivity contribution in [3.63, 3.8) is 0 Å². The molecule has 0 bridgehead atoms. The van der Waals surface area contributed by atoms with Crippen molar-refractivity contribution in [2.24, 2.45) is 0 Å². The molecule has 1 aliphatic rings. The van der Waals surface area contributed by atoms with Crippen LogP contribution in [0.5, 0.6) is 0 Å². The van der Waals surface area contributed by atoms with Gasteiger partial charge in [-0.25, -0.2) is 4.98 Å². The molecule has 96 valence electrons. The number of aromatic nitrogens is 1. The minimum Gasteiger partial charge on any atom is -0.303 e. The molecule has 0 amide bonds. The topological polar surface area (TPSA) is 24.9 Å². The lowest BCUT2D eigenvalue weighted by Gasteiger charge is -2.31.